The molecule has 0 bridgehead atoms. The van der Waals surface area contributed by atoms with Gasteiger partial charge in [-0.3, -0.25) is 4.90 Å². The molecule has 84 valence electrons. The molecule has 1 saturated heterocycles. The molecule has 1 atom stereocenters. The number of ether oxygens (including phenoxy) is 1. The molecule has 1 unspecified atom stereocenters. The van der Waals surface area contributed by atoms with Gasteiger partial charge in [0.15, 0.2) is 0 Å². The molecule has 0 radical (unpaired) electrons. The van der Waals surface area contributed by atoms with Crippen molar-refractivity contribution in [3.8, 4) is 0 Å². The molecule has 0 saturated carbocycles. The van der Waals surface area contributed by atoms with Crippen LogP contribution in [-0.4, -0.2) is 31.2 Å². The average molecular weight is 210 g/mol. The second-order valence-electron chi connectivity index (χ2n) is 3.87. The van der Waals surface area contributed by atoms with Gasteiger partial charge in [-0.1, -0.05) is 0 Å². The Kier molecular flexibility index (Phi) is 3.41. The number of hydrogen-bond acceptors (Lipinski definition) is 4. The lowest BCUT2D eigenvalue weighted by Crippen LogP contribution is -2.37. The molecular formula is C11H18N2O2. The molecule has 1 aromatic heterocycles. The maximum atomic E-state index is 5.51. The fraction of sp³-hybridized carbons (Fsp3) is 0.636. The topological polar surface area (TPSA) is 51.6 Å². The second kappa shape index (κ2) is 4.79. The van der Waals surface area contributed by atoms with Gasteiger partial charge < -0.3 is 14.9 Å². The Morgan fingerprint density at radius 1 is 1.47 bits per heavy atom. The summed E-state index contributed by atoms with van der Waals surface area (Å²) >= 11 is 0. The van der Waals surface area contributed by atoms with E-state index in [1.54, 1.807) is 0 Å². The lowest BCUT2D eigenvalue weighted by Gasteiger charge is -2.31. The summed E-state index contributed by atoms with van der Waals surface area (Å²) in [5.41, 5.74) is 6.72. The van der Waals surface area contributed by atoms with Gasteiger partial charge in [0.1, 0.15) is 5.76 Å². The Morgan fingerprint density at radius 2 is 2.20 bits per heavy atom. The summed E-state index contributed by atoms with van der Waals surface area (Å²) in [7, 11) is 0. The van der Waals surface area contributed by atoms with Crippen LogP contribution < -0.4 is 5.73 Å². The maximum absolute atomic E-state index is 5.51. The van der Waals surface area contributed by atoms with Gasteiger partial charge in [-0.15, -0.1) is 0 Å². The Hall–Kier alpha value is -0.840. The highest BCUT2D eigenvalue weighted by Gasteiger charge is 2.19. The molecule has 4 heteroatoms. The van der Waals surface area contributed by atoms with E-state index in [2.05, 4.69) is 11.8 Å². The van der Waals surface area contributed by atoms with Gasteiger partial charge in [-0.2, -0.15) is 0 Å². The Labute approximate surface area is 90.0 Å². The van der Waals surface area contributed by atoms with Crippen molar-refractivity contribution < 1.29 is 9.15 Å². The van der Waals surface area contributed by atoms with Crippen molar-refractivity contribution in [2.24, 2.45) is 5.73 Å². The van der Waals surface area contributed by atoms with Crippen LogP contribution in [0.4, 0.5) is 0 Å². The molecule has 0 aromatic carbocycles. The fourth-order valence-corrected chi connectivity index (χ4v) is 1.90. The smallest absolute Gasteiger partial charge is 0.117 e. The van der Waals surface area contributed by atoms with E-state index in [1.807, 2.05) is 12.3 Å². The minimum Gasteiger partial charge on any atom is -0.468 e. The predicted molar refractivity (Wildman–Crippen MR) is 57.4 cm³/mol. The Bertz CT molecular complexity index is 305. The van der Waals surface area contributed by atoms with Gasteiger partial charge in [-0.25, -0.2) is 0 Å². The highest BCUT2D eigenvalue weighted by molar-refractivity contribution is 5.16. The Balaban J connectivity index is 2.02. The van der Waals surface area contributed by atoms with Gasteiger partial charge >= 0.3 is 0 Å². The molecule has 2 heterocycles. The number of morpholine rings is 1. The molecule has 1 aliphatic heterocycles. The zero-order chi connectivity index (χ0) is 10.7. The van der Waals surface area contributed by atoms with Crippen LogP contribution in [0, 0.1) is 0 Å². The number of rotatable bonds is 3. The number of nitrogens with two attached hydrogens (primary N) is 1. The van der Waals surface area contributed by atoms with Crippen molar-refractivity contribution in [3.05, 3.63) is 23.7 Å². The summed E-state index contributed by atoms with van der Waals surface area (Å²) in [4.78, 5) is 2.40. The van der Waals surface area contributed by atoms with E-state index in [0.29, 0.717) is 12.6 Å². The first kappa shape index (κ1) is 10.7. The average Bonchev–Trinajstić information content (AvgIpc) is 2.78. The van der Waals surface area contributed by atoms with Gasteiger partial charge in [-0.05, 0) is 13.0 Å². The normalized spacial score (nSPS) is 20.4. The van der Waals surface area contributed by atoms with Crippen LogP contribution in [0.25, 0.3) is 0 Å². The van der Waals surface area contributed by atoms with Crippen molar-refractivity contribution in [3.63, 3.8) is 0 Å². The summed E-state index contributed by atoms with van der Waals surface area (Å²) in [5.74, 6) is 0.852. The number of nitrogens with zero attached hydrogens (tertiary/aromatic N) is 1. The molecule has 0 spiro atoms. The molecule has 1 aromatic rings. The molecule has 1 fully saturated rings. The molecule has 2 rings (SSSR count). The third-order valence-electron chi connectivity index (χ3n) is 2.95. The van der Waals surface area contributed by atoms with E-state index in [-0.39, 0.29) is 0 Å². The van der Waals surface area contributed by atoms with Crippen LogP contribution in [0.5, 0.6) is 0 Å². The first-order chi connectivity index (χ1) is 7.31. The summed E-state index contributed by atoms with van der Waals surface area (Å²) < 4.78 is 10.7. The maximum Gasteiger partial charge on any atom is 0.117 e. The molecule has 2 N–H and O–H groups in total. The van der Waals surface area contributed by atoms with Crippen LogP contribution >= 0.6 is 0 Å². The zero-order valence-corrected chi connectivity index (χ0v) is 9.11. The second-order valence-corrected chi connectivity index (χ2v) is 3.87. The zero-order valence-electron chi connectivity index (χ0n) is 9.11. The van der Waals surface area contributed by atoms with Gasteiger partial charge in [0.05, 0.1) is 26.0 Å². The van der Waals surface area contributed by atoms with E-state index < -0.39 is 0 Å². The van der Waals surface area contributed by atoms with Crippen LogP contribution in [0.15, 0.2) is 16.7 Å². The van der Waals surface area contributed by atoms with Crippen LogP contribution in [0.2, 0.25) is 0 Å². The van der Waals surface area contributed by atoms with Crippen LogP contribution in [0.1, 0.15) is 24.3 Å². The minimum absolute atomic E-state index is 0.387. The predicted octanol–water partition coefficient (Wildman–Crippen LogP) is 1.13. The SMILES string of the molecule is CC(c1coc(CN)c1)N1CCOCC1. The fourth-order valence-electron chi connectivity index (χ4n) is 1.90. The summed E-state index contributed by atoms with van der Waals surface area (Å²) in [6.45, 7) is 6.29. The van der Waals surface area contributed by atoms with Crippen molar-refractivity contribution in [2.75, 3.05) is 26.3 Å². The summed E-state index contributed by atoms with van der Waals surface area (Å²) in [6, 6.07) is 2.43. The third kappa shape index (κ3) is 2.40. The quantitative estimate of drug-likeness (QED) is 0.812. The highest BCUT2D eigenvalue weighted by Crippen LogP contribution is 2.22. The van der Waals surface area contributed by atoms with Crippen molar-refractivity contribution in [1.29, 1.82) is 0 Å². The first-order valence-corrected chi connectivity index (χ1v) is 5.40. The van der Waals surface area contributed by atoms with E-state index in [9.17, 15) is 0 Å². The van der Waals surface area contributed by atoms with Gasteiger partial charge in [0, 0.05) is 24.7 Å². The number of furan rings is 1. The van der Waals surface area contributed by atoms with E-state index >= 15 is 0 Å². The molecular weight excluding hydrogens is 192 g/mol. The van der Waals surface area contributed by atoms with E-state index in [0.717, 1.165) is 32.1 Å². The first-order valence-electron chi connectivity index (χ1n) is 5.40. The van der Waals surface area contributed by atoms with Crippen molar-refractivity contribution >= 4 is 0 Å². The Morgan fingerprint density at radius 3 is 2.80 bits per heavy atom. The van der Waals surface area contributed by atoms with Crippen LogP contribution in [0.3, 0.4) is 0 Å². The standard InChI is InChI=1S/C11H18N2O2/c1-9(13-2-4-14-5-3-13)10-6-11(7-12)15-8-10/h6,8-9H,2-5,7,12H2,1H3. The minimum atomic E-state index is 0.387. The third-order valence-corrected chi connectivity index (χ3v) is 2.95. The summed E-state index contributed by atoms with van der Waals surface area (Å²) in [5, 5.41) is 0. The van der Waals surface area contributed by atoms with Crippen molar-refractivity contribution in [1.82, 2.24) is 4.90 Å². The van der Waals surface area contributed by atoms with Crippen molar-refractivity contribution in [2.45, 2.75) is 19.5 Å². The molecule has 15 heavy (non-hydrogen) atoms. The molecule has 4 nitrogen and oxygen atoms in total. The summed E-state index contributed by atoms with van der Waals surface area (Å²) in [6.07, 6.45) is 1.81. The van der Waals surface area contributed by atoms with E-state index in [4.69, 9.17) is 14.9 Å². The number of hydrogen-bond donors (Lipinski definition) is 1. The largest absolute Gasteiger partial charge is 0.468 e. The van der Waals surface area contributed by atoms with Crippen LogP contribution in [-0.2, 0) is 11.3 Å². The van der Waals surface area contributed by atoms with Gasteiger partial charge in [0.2, 0.25) is 0 Å². The lowest BCUT2D eigenvalue weighted by atomic mass is 10.1. The van der Waals surface area contributed by atoms with E-state index in [1.165, 1.54) is 5.56 Å². The molecule has 1 aliphatic rings. The van der Waals surface area contributed by atoms with Gasteiger partial charge in [0.25, 0.3) is 0 Å². The highest BCUT2D eigenvalue weighted by atomic mass is 16.5. The molecule has 0 amide bonds. The molecule has 0 aliphatic carbocycles. The lowest BCUT2D eigenvalue weighted by molar-refractivity contribution is 0.0197. The monoisotopic (exact) mass is 210 g/mol.